The molecule has 0 aromatic carbocycles. The number of hydrogen-bond donors (Lipinski definition) is 2. The molecular weight excluding hydrogens is 246 g/mol. The quantitative estimate of drug-likeness (QED) is 0.729. The highest BCUT2D eigenvalue weighted by Gasteiger charge is 2.12. The van der Waals surface area contributed by atoms with Gasteiger partial charge in [0.05, 0.1) is 24.0 Å². The van der Waals surface area contributed by atoms with E-state index in [1.807, 2.05) is 6.92 Å². The zero-order valence-corrected chi connectivity index (χ0v) is 11.6. The van der Waals surface area contributed by atoms with Crippen molar-refractivity contribution in [1.82, 2.24) is 9.97 Å². The summed E-state index contributed by atoms with van der Waals surface area (Å²) in [6.45, 7) is 6.20. The monoisotopic (exact) mass is 267 g/mol. The number of aryl methyl sites for hydroxylation is 1. The van der Waals surface area contributed by atoms with Gasteiger partial charge in [-0.25, -0.2) is 14.8 Å². The molecule has 0 spiro atoms. The van der Waals surface area contributed by atoms with E-state index < -0.39 is 12.1 Å². The Morgan fingerprint density at radius 3 is 2.84 bits per heavy atom. The highest BCUT2D eigenvalue weighted by molar-refractivity contribution is 5.90. The summed E-state index contributed by atoms with van der Waals surface area (Å²) in [5.41, 5.74) is 0.919. The molecule has 2 N–H and O–H groups in total. The standard InChI is InChI=1S/C13H21N3O3/c1-4-6-10(17)7-14-13-15-8-11(9(3)16-13)12(18)19-5-2/h8,10,17H,4-7H2,1-3H3,(H,14,15,16). The smallest absolute Gasteiger partial charge is 0.341 e. The fourth-order valence-corrected chi connectivity index (χ4v) is 1.61. The second-order valence-corrected chi connectivity index (χ2v) is 4.24. The summed E-state index contributed by atoms with van der Waals surface area (Å²) in [6.07, 6.45) is 2.67. The first-order valence-corrected chi connectivity index (χ1v) is 6.51. The summed E-state index contributed by atoms with van der Waals surface area (Å²) in [6, 6.07) is 0. The van der Waals surface area contributed by atoms with Crippen molar-refractivity contribution >= 4 is 11.9 Å². The number of aliphatic hydroxyl groups is 1. The molecule has 6 heteroatoms. The van der Waals surface area contributed by atoms with Crippen molar-refractivity contribution in [2.45, 2.75) is 39.7 Å². The molecule has 6 nitrogen and oxygen atoms in total. The lowest BCUT2D eigenvalue weighted by molar-refractivity contribution is 0.0524. The molecule has 0 aliphatic carbocycles. The van der Waals surface area contributed by atoms with Crippen LogP contribution in [0.3, 0.4) is 0 Å². The van der Waals surface area contributed by atoms with Gasteiger partial charge in [0, 0.05) is 12.7 Å². The van der Waals surface area contributed by atoms with Crippen LogP contribution in [-0.4, -0.2) is 40.3 Å². The number of aliphatic hydroxyl groups excluding tert-OH is 1. The minimum atomic E-state index is -0.419. The second kappa shape index (κ2) is 7.68. The maximum absolute atomic E-state index is 11.6. The molecule has 1 atom stereocenters. The van der Waals surface area contributed by atoms with Crippen LogP contribution >= 0.6 is 0 Å². The predicted octanol–water partition coefficient (Wildman–Crippen LogP) is 1.53. The Balaban J connectivity index is 2.64. The molecule has 0 amide bonds. The van der Waals surface area contributed by atoms with Gasteiger partial charge in [-0.2, -0.15) is 0 Å². The van der Waals surface area contributed by atoms with Gasteiger partial charge in [0.2, 0.25) is 5.95 Å². The van der Waals surface area contributed by atoms with Gasteiger partial charge in [-0.3, -0.25) is 0 Å². The minimum Gasteiger partial charge on any atom is -0.462 e. The fraction of sp³-hybridized carbons (Fsp3) is 0.615. The number of hydrogen-bond acceptors (Lipinski definition) is 6. The SMILES string of the molecule is CCCC(O)CNc1ncc(C(=O)OCC)c(C)n1. The van der Waals surface area contributed by atoms with Gasteiger partial charge in [0.25, 0.3) is 0 Å². The average molecular weight is 267 g/mol. The van der Waals surface area contributed by atoms with E-state index in [4.69, 9.17) is 4.74 Å². The first-order valence-electron chi connectivity index (χ1n) is 6.51. The molecule has 1 aromatic heterocycles. The molecular formula is C13H21N3O3. The first-order chi connectivity index (χ1) is 9.08. The molecule has 0 aliphatic heterocycles. The van der Waals surface area contributed by atoms with E-state index in [-0.39, 0.29) is 0 Å². The number of nitrogens with zero attached hydrogens (tertiary/aromatic N) is 2. The average Bonchev–Trinajstić information content (AvgIpc) is 2.37. The number of carbonyl (C=O) groups excluding carboxylic acids is 1. The van der Waals surface area contributed by atoms with Crippen LogP contribution in [0.25, 0.3) is 0 Å². The lowest BCUT2D eigenvalue weighted by Gasteiger charge is -2.11. The topological polar surface area (TPSA) is 84.3 Å². The maximum Gasteiger partial charge on any atom is 0.341 e. The van der Waals surface area contributed by atoms with E-state index in [0.29, 0.717) is 30.4 Å². The van der Waals surface area contributed by atoms with Gasteiger partial charge < -0.3 is 15.2 Å². The number of anilines is 1. The van der Waals surface area contributed by atoms with Gasteiger partial charge in [-0.1, -0.05) is 13.3 Å². The van der Waals surface area contributed by atoms with Crippen LogP contribution in [0, 0.1) is 6.92 Å². The maximum atomic E-state index is 11.6. The van der Waals surface area contributed by atoms with Gasteiger partial charge in [-0.15, -0.1) is 0 Å². The molecule has 19 heavy (non-hydrogen) atoms. The summed E-state index contributed by atoms with van der Waals surface area (Å²) in [5, 5.41) is 12.5. The molecule has 0 fully saturated rings. The second-order valence-electron chi connectivity index (χ2n) is 4.24. The molecule has 0 aliphatic rings. The van der Waals surface area contributed by atoms with Crippen molar-refractivity contribution in [3.63, 3.8) is 0 Å². The fourth-order valence-electron chi connectivity index (χ4n) is 1.61. The van der Waals surface area contributed by atoms with Crippen LogP contribution in [-0.2, 0) is 4.74 Å². The zero-order valence-electron chi connectivity index (χ0n) is 11.6. The highest BCUT2D eigenvalue weighted by Crippen LogP contribution is 2.09. The molecule has 1 rings (SSSR count). The third kappa shape index (κ3) is 4.82. The summed E-state index contributed by atoms with van der Waals surface area (Å²) in [4.78, 5) is 19.8. The predicted molar refractivity (Wildman–Crippen MR) is 72.1 cm³/mol. The Morgan fingerprint density at radius 1 is 1.53 bits per heavy atom. The Morgan fingerprint density at radius 2 is 2.26 bits per heavy atom. The first kappa shape index (κ1) is 15.4. The van der Waals surface area contributed by atoms with E-state index in [9.17, 15) is 9.90 Å². The van der Waals surface area contributed by atoms with Crippen molar-refractivity contribution in [2.75, 3.05) is 18.5 Å². The molecule has 0 radical (unpaired) electrons. The molecule has 0 saturated carbocycles. The van der Waals surface area contributed by atoms with Crippen molar-refractivity contribution in [3.8, 4) is 0 Å². The van der Waals surface area contributed by atoms with Gasteiger partial charge in [-0.05, 0) is 20.3 Å². The molecule has 1 aromatic rings. The van der Waals surface area contributed by atoms with Gasteiger partial charge in [0.15, 0.2) is 0 Å². The number of ether oxygens (including phenoxy) is 1. The van der Waals surface area contributed by atoms with Crippen molar-refractivity contribution in [2.24, 2.45) is 0 Å². The van der Waals surface area contributed by atoms with Crippen molar-refractivity contribution in [3.05, 3.63) is 17.5 Å². The normalized spacial score (nSPS) is 12.0. The Bertz CT molecular complexity index is 424. The summed E-state index contributed by atoms with van der Waals surface area (Å²) < 4.78 is 4.90. The van der Waals surface area contributed by atoms with E-state index >= 15 is 0 Å². The lowest BCUT2D eigenvalue weighted by Crippen LogP contribution is -2.20. The highest BCUT2D eigenvalue weighted by atomic mass is 16.5. The molecule has 1 heterocycles. The summed E-state index contributed by atoms with van der Waals surface area (Å²) in [5.74, 6) is -0.0155. The van der Waals surface area contributed by atoms with Crippen molar-refractivity contribution < 1.29 is 14.6 Å². The number of nitrogens with one attached hydrogen (secondary N) is 1. The molecule has 0 saturated heterocycles. The van der Waals surface area contributed by atoms with E-state index in [0.717, 1.165) is 12.8 Å². The third-order valence-electron chi connectivity index (χ3n) is 2.59. The molecule has 0 bridgehead atoms. The summed E-state index contributed by atoms with van der Waals surface area (Å²) in [7, 11) is 0. The number of aromatic nitrogens is 2. The van der Waals surface area contributed by atoms with Crippen LogP contribution in [0.2, 0.25) is 0 Å². The van der Waals surface area contributed by atoms with Crippen LogP contribution in [0.5, 0.6) is 0 Å². The van der Waals surface area contributed by atoms with Crippen LogP contribution in [0.4, 0.5) is 5.95 Å². The summed E-state index contributed by atoms with van der Waals surface area (Å²) >= 11 is 0. The molecule has 1 unspecified atom stereocenters. The zero-order chi connectivity index (χ0) is 14.3. The molecule has 106 valence electrons. The van der Waals surface area contributed by atoms with E-state index in [2.05, 4.69) is 15.3 Å². The van der Waals surface area contributed by atoms with E-state index in [1.54, 1.807) is 13.8 Å². The van der Waals surface area contributed by atoms with E-state index in [1.165, 1.54) is 6.20 Å². The van der Waals surface area contributed by atoms with Crippen LogP contribution in [0.1, 0.15) is 42.7 Å². The Labute approximate surface area is 113 Å². The third-order valence-corrected chi connectivity index (χ3v) is 2.59. The number of esters is 1. The van der Waals surface area contributed by atoms with Gasteiger partial charge >= 0.3 is 5.97 Å². The lowest BCUT2D eigenvalue weighted by atomic mass is 10.2. The van der Waals surface area contributed by atoms with Crippen molar-refractivity contribution in [1.29, 1.82) is 0 Å². The minimum absolute atomic E-state index is 0.321. The van der Waals surface area contributed by atoms with Crippen LogP contribution in [0.15, 0.2) is 6.20 Å². The van der Waals surface area contributed by atoms with Gasteiger partial charge in [0.1, 0.15) is 0 Å². The Kier molecular flexibility index (Phi) is 6.21. The number of carbonyl (C=O) groups is 1. The van der Waals surface area contributed by atoms with Crippen LogP contribution < -0.4 is 5.32 Å². The number of rotatable bonds is 7. The Hall–Kier alpha value is -1.69. The largest absolute Gasteiger partial charge is 0.462 e.